The number of cyclic esters (lactones) is 1. The molecule has 1 fully saturated rings. The van der Waals surface area contributed by atoms with E-state index in [-0.39, 0.29) is 36.0 Å². The molecule has 1 saturated heterocycles. The molecular formula is C26H24ClN3O5. The van der Waals surface area contributed by atoms with Crippen LogP contribution in [0.4, 0.5) is 10.5 Å². The van der Waals surface area contributed by atoms with E-state index >= 15 is 0 Å². The summed E-state index contributed by atoms with van der Waals surface area (Å²) in [6.45, 7) is 1.51. The van der Waals surface area contributed by atoms with Crippen molar-refractivity contribution in [2.24, 2.45) is 5.73 Å². The molecule has 3 aromatic rings. The second kappa shape index (κ2) is 10.5. The van der Waals surface area contributed by atoms with Gasteiger partial charge in [-0.1, -0.05) is 48.0 Å². The smallest absolute Gasteiger partial charge is 0.415 e. The van der Waals surface area contributed by atoms with Crippen LogP contribution < -0.4 is 20.1 Å². The number of para-hydroxylation sites is 1. The molecule has 180 valence electrons. The number of amidine groups is 1. The molecule has 0 spiro atoms. The molecule has 0 saturated carbocycles. The molecule has 0 aromatic heterocycles. The summed E-state index contributed by atoms with van der Waals surface area (Å²) in [5.74, 6) is -0.203. The van der Waals surface area contributed by atoms with E-state index in [4.69, 9.17) is 37.0 Å². The van der Waals surface area contributed by atoms with Crippen molar-refractivity contribution in [1.82, 2.24) is 0 Å². The molecule has 1 amide bonds. The van der Waals surface area contributed by atoms with Gasteiger partial charge in [-0.15, -0.1) is 0 Å². The van der Waals surface area contributed by atoms with E-state index in [1.807, 2.05) is 36.4 Å². The van der Waals surface area contributed by atoms with Crippen molar-refractivity contribution in [3.05, 3.63) is 88.4 Å². The summed E-state index contributed by atoms with van der Waals surface area (Å²) >= 11 is 6.21. The van der Waals surface area contributed by atoms with Crippen LogP contribution in [0, 0.1) is 5.41 Å². The van der Waals surface area contributed by atoms with Crippen LogP contribution in [0.3, 0.4) is 0 Å². The molecule has 1 heterocycles. The van der Waals surface area contributed by atoms with E-state index in [2.05, 4.69) is 0 Å². The van der Waals surface area contributed by atoms with Crippen LogP contribution in [0.2, 0.25) is 5.02 Å². The molecule has 0 radical (unpaired) electrons. The molecule has 1 aliphatic heterocycles. The Balaban J connectivity index is 1.50. The van der Waals surface area contributed by atoms with Gasteiger partial charge in [0.05, 0.1) is 17.8 Å². The summed E-state index contributed by atoms with van der Waals surface area (Å²) in [4.78, 5) is 25.7. The third-order valence-electron chi connectivity index (χ3n) is 5.38. The molecule has 8 nitrogen and oxygen atoms in total. The minimum atomic E-state index is -0.617. The fourth-order valence-corrected chi connectivity index (χ4v) is 4.03. The Kier molecular flexibility index (Phi) is 7.22. The van der Waals surface area contributed by atoms with Gasteiger partial charge < -0.3 is 19.9 Å². The van der Waals surface area contributed by atoms with Crippen molar-refractivity contribution >= 4 is 35.2 Å². The van der Waals surface area contributed by atoms with E-state index in [1.165, 1.54) is 11.8 Å². The number of halogens is 1. The number of anilines is 1. The topological polar surface area (TPSA) is 115 Å². The number of hydrogen-bond donors (Lipinski definition) is 2. The predicted octanol–water partition coefficient (Wildman–Crippen LogP) is 4.54. The number of carbonyl (C=O) groups is 2. The van der Waals surface area contributed by atoms with Gasteiger partial charge in [-0.2, -0.15) is 0 Å². The average Bonchev–Trinajstić information content (AvgIpc) is 3.19. The Morgan fingerprint density at radius 2 is 1.94 bits per heavy atom. The Hall–Kier alpha value is -4.04. The van der Waals surface area contributed by atoms with E-state index in [0.717, 1.165) is 11.1 Å². The Labute approximate surface area is 207 Å². The third-order valence-corrected chi connectivity index (χ3v) is 5.61. The summed E-state index contributed by atoms with van der Waals surface area (Å²) in [6.07, 6.45) is -0.557. The molecule has 35 heavy (non-hydrogen) atoms. The number of nitrogens with zero attached hydrogens (tertiary/aromatic N) is 1. The van der Waals surface area contributed by atoms with Gasteiger partial charge in [0.25, 0.3) is 0 Å². The number of carbonyl (C=O) groups excluding carboxylic acids is 2. The van der Waals surface area contributed by atoms with Crippen molar-refractivity contribution in [1.29, 1.82) is 5.41 Å². The van der Waals surface area contributed by atoms with Crippen LogP contribution >= 0.6 is 11.6 Å². The molecule has 9 heteroatoms. The van der Waals surface area contributed by atoms with Crippen molar-refractivity contribution in [2.75, 3.05) is 18.1 Å². The van der Waals surface area contributed by atoms with Crippen molar-refractivity contribution < 1.29 is 23.8 Å². The summed E-state index contributed by atoms with van der Waals surface area (Å²) < 4.78 is 16.8. The van der Waals surface area contributed by atoms with Crippen LogP contribution in [-0.2, 0) is 16.0 Å². The number of nitrogens with two attached hydrogens (primary N) is 1. The fraction of sp³-hybridized carbons (Fsp3) is 0.192. The first-order valence-corrected chi connectivity index (χ1v) is 11.3. The monoisotopic (exact) mass is 493 g/mol. The lowest BCUT2D eigenvalue weighted by Gasteiger charge is -2.19. The molecule has 1 aliphatic rings. The SMILES string of the molecule is CC(=O)Oc1c(C(=N)N)cccc1N1CC(COc2ccc(Cl)cc2Cc2ccccc2)OC1=O. The number of nitrogen functional groups attached to an aromatic ring is 1. The highest BCUT2D eigenvalue weighted by molar-refractivity contribution is 6.30. The number of ether oxygens (including phenoxy) is 3. The summed E-state index contributed by atoms with van der Waals surface area (Å²) in [6, 6.07) is 20.1. The van der Waals surface area contributed by atoms with E-state index in [9.17, 15) is 9.59 Å². The Morgan fingerprint density at radius 3 is 2.66 bits per heavy atom. The van der Waals surface area contributed by atoms with Crippen LogP contribution in [0.5, 0.6) is 11.5 Å². The highest BCUT2D eigenvalue weighted by atomic mass is 35.5. The maximum Gasteiger partial charge on any atom is 0.415 e. The third kappa shape index (κ3) is 5.73. The van der Waals surface area contributed by atoms with Gasteiger partial charge in [0.2, 0.25) is 0 Å². The molecule has 0 aliphatic carbocycles. The minimum absolute atomic E-state index is 0.0360. The minimum Gasteiger partial charge on any atom is -0.489 e. The maximum absolute atomic E-state index is 12.7. The molecule has 0 bridgehead atoms. The number of nitrogens with one attached hydrogen (secondary N) is 1. The van der Waals surface area contributed by atoms with E-state index in [1.54, 1.807) is 30.3 Å². The van der Waals surface area contributed by atoms with Gasteiger partial charge in [-0.25, -0.2) is 4.79 Å². The second-order valence-electron chi connectivity index (χ2n) is 8.00. The van der Waals surface area contributed by atoms with E-state index in [0.29, 0.717) is 17.2 Å². The molecule has 4 rings (SSSR count). The lowest BCUT2D eigenvalue weighted by atomic mass is 10.0. The first kappa shape index (κ1) is 24.1. The van der Waals surface area contributed by atoms with Crippen molar-refractivity contribution in [2.45, 2.75) is 19.4 Å². The molecule has 3 aromatic carbocycles. The molecule has 1 atom stereocenters. The Morgan fingerprint density at radius 1 is 1.17 bits per heavy atom. The Bertz CT molecular complexity index is 1270. The van der Waals surface area contributed by atoms with Gasteiger partial charge in [-0.3, -0.25) is 15.1 Å². The highest BCUT2D eigenvalue weighted by Crippen LogP contribution is 2.35. The highest BCUT2D eigenvalue weighted by Gasteiger charge is 2.35. The number of hydrogen-bond acceptors (Lipinski definition) is 6. The van der Waals surface area contributed by atoms with Crippen LogP contribution in [-0.4, -0.2) is 37.2 Å². The lowest BCUT2D eigenvalue weighted by Crippen LogP contribution is -2.28. The quantitative estimate of drug-likeness (QED) is 0.206. The zero-order valence-electron chi connectivity index (χ0n) is 19.0. The standard InChI is InChI=1S/C26H24ClN3O5/c1-16(31)34-24-21(25(28)29)8-5-9-22(24)30-14-20(35-26(30)32)15-33-23-11-10-19(27)13-18(23)12-17-6-3-2-4-7-17/h2-11,13,20H,12,14-15H2,1H3,(H3,28,29). The van der Waals surface area contributed by atoms with Gasteiger partial charge in [0.1, 0.15) is 18.2 Å². The first-order chi connectivity index (χ1) is 16.8. The summed E-state index contributed by atoms with van der Waals surface area (Å²) in [5, 5.41) is 8.38. The van der Waals surface area contributed by atoms with Crippen LogP contribution in [0.15, 0.2) is 66.7 Å². The fourth-order valence-electron chi connectivity index (χ4n) is 3.83. The van der Waals surface area contributed by atoms with Gasteiger partial charge in [-0.05, 0) is 41.5 Å². The summed E-state index contributed by atoms with van der Waals surface area (Å²) in [7, 11) is 0. The van der Waals surface area contributed by atoms with Gasteiger partial charge >= 0.3 is 12.1 Å². The second-order valence-corrected chi connectivity index (χ2v) is 8.44. The van der Waals surface area contributed by atoms with Crippen LogP contribution in [0.1, 0.15) is 23.6 Å². The first-order valence-electron chi connectivity index (χ1n) is 10.9. The predicted molar refractivity (Wildman–Crippen MR) is 133 cm³/mol. The number of benzene rings is 3. The number of rotatable bonds is 8. The van der Waals surface area contributed by atoms with Crippen molar-refractivity contribution in [3.63, 3.8) is 0 Å². The molecular weight excluding hydrogens is 470 g/mol. The summed E-state index contributed by atoms with van der Waals surface area (Å²) in [5.41, 5.74) is 8.16. The zero-order valence-corrected chi connectivity index (χ0v) is 19.7. The average molecular weight is 494 g/mol. The molecule has 1 unspecified atom stereocenters. The normalized spacial score (nSPS) is 15.0. The molecule has 3 N–H and O–H groups in total. The largest absolute Gasteiger partial charge is 0.489 e. The zero-order chi connectivity index (χ0) is 24.9. The van der Waals surface area contributed by atoms with Gasteiger partial charge in [0.15, 0.2) is 11.9 Å². The van der Waals surface area contributed by atoms with Gasteiger partial charge in [0, 0.05) is 18.4 Å². The number of esters is 1. The maximum atomic E-state index is 12.7. The van der Waals surface area contributed by atoms with Crippen LogP contribution in [0.25, 0.3) is 0 Å². The number of amides is 1. The lowest BCUT2D eigenvalue weighted by molar-refractivity contribution is -0.131. The van der Waals surface area contributed by atoms with Crippen molar-refractivity contribution in [3.8, 4) is 11.5 Å². The van der Waals surface area contributed by atoms with E-state index < -0.39 is 18.2 Å².